The van der Waals surface area contributed by atoms with Gasteiger partial charge in [0.15, 0.2) is 0 Å². The summed E-state index contributed by atoms with van der Waals surface area (Å²) in [6, 6.07) is 0. The first kappa shape index (κ1) is 39.4. The van der Waals surface area contributed by atoms with Gasteiger partial charge in [0, 0.05) is 0 Å². The number of quaternary nitrogens is 1. The van der Waals surface area contributed by atoms with Crippen LogP contribution in [0.2, 0.25) is 0 Å². The fourth-order valence-corrected chi connectivity index (χ4v) is 6.28. The highest BCUT2D eigenvalue weighted by molar-refractivity contribution is 5.69. The molecule has 0 spiro atoms. The fourth-order valence-electron chi connectivity index (χ4n) is 6.28. The summed E-state index contributed by atoms with van der Waals surface area (Å²) >= 11 is 0. The number of nitrogens with zero attached hydrogens (tertiary/aromatic N) is 1. The van der Waals surface area contributed by atoms with E-state index in [2.05, 4.69) is 35.0 Å². The second-order valence-electron chi connectivity index (χ2n) is 14.3. The van der Waals surface area contributed by atoms with Crippen LogP contribution in [0.4, 0.5) is 0 Å². The lowest BCUT2D eigenvalue weighted by Gasteiger charge is -2.23. The molecular formula is C37H76NO2+. The molecule has 240 valence electrons. The predicted molar refractivity (Wildman–Crippen MR) is 178 cm³/mol. The smallest absolute Gasteiger partial charge is 0.306 e. The second kappa shape index (κ2) is 28.5. The molecule has 40 heavy (non-hydrogen) atoms. The van der Waals surface area contributed by atoms with E-state index in [-0.39, 0.29) is 5.92 Å². The van der Waals surface area contributed by atoms with Crippen molar-refractivity contribution in [3.8, 4) is 0 Å². The summed E-state index contributed by atoms with van der Waals surface area (Å²) in [5.41, 5.74) is 0. The molecule has 0 amide bonds. The highest BCUT2D eigenvalue weighted by Gasteiger charge is 2.22. The number of carbonyl (C=O) groups is 1. The first-order chi connectivity index (χ1) is 19.3. The molecule has 2 unspecified atom stereocenters. The molecule has 1 N–H and O–H groups in total. The van der Waals surface area contributed by atoms with Crippen molar-refractivity contribution < 1.29 is 14.4 Å². The first-order valence-electron chi connectivity index (χ1n) is 18.3. The van der Waals surface area contributed by atoms with Crippen LogP contribution in [0.25, 0.3) is 0 Å². The summed E-state index contributed by atoms with van der Waals surface area (Å²) in [5, 5.41) is 9.83. The van der Waals surface area contributed by atoms with Gasteiger partial charge in [0.05, 0.1) is 33.6 Å². The van der Waals surface area contributed by atoms with E-state index < -0.39 is 5.97 Å². The van der Waals surface area contributed by atoms with E-state index in [4.69, 9.17) is 0 Å². The molecule has 0 aliphatic rings. The number of carboxylic acid groups (broad SMARTS) is 1. The summed E-state index contributed by atoms with van der Waals surface area (Å²) in [7, 11) is 6.88. The van der Waals surface area contributed by atoms with E-state index >= 15 is 0 Å². The fraction of sp³-hybridized carbons (Fsp3) is 0.973. The zero-order valence-corrected chi connectivity index (χ0v) is 28.5. The molecule has 0 aromatic rings. The standard InChI is InChI=1S/C37H75NO2/c1-6-8-10-27-31-35(30-9-7-2)34-36(37(39)40)32-28-25-23-21-19-17-15-13-11-12-14-16-18-20-22-24-26-29-33-38(3,4)5/h35-36H,6-34H2,1-5H3/p+1. The monoisotopic (exact) mass is 567 g/mol. The number of carboxylic acids is 1. The maximum atomic E-state index is 11.9. The Labute approximate surface area is 253 Å². The van der Waals surface area contributed by atoms with Crippen LogP contribution in [0.5, 0.6) is 0 Å². The number of rotatable bonds is 32. The van der Waals surface area contributed by atoms with Crippen LogP contribution in [0, 0.1) is 11.8 Å². The minimum atomic E-state index is -0.545. The highest BCUT2D eigenvalue weighted by atomic mass is 16.4. The van der Waals surface area contributed by atoms with Crippen molar-refractivity contribution in [3.05, 3.63) is 0 Å². The normalized spacial score (nSPS) is 13.5. The van der Waals surface area contributed by atoms with Gasteiger partial charge < -0.3 is 9.59 Å². The van der Waals surface area contributed by atoms with Gasteiger partial charge in [-0.3, -0.25) is 4.79 Å². The number of aliphatic carboxylic acids is 1. The number of hydrogen-bond donors (Lipinski definition) is 1. The Morgan fingerprint density at radius 2 is 0.850 bits per heavy atom. The minimum Gasteiger partial charge on any atom is -0.481 e. The summed E-state index contributed by atoms with van der Waals surface area (Å²) in [6.07, 6.45) is 36.8. The van der Waals surface area contributed by atoms with E-state index in [1.165, 1.54) is 167 Å². The molecule has 0 aromatic heterocycles. The maximum Gasteiger partial charge on any atom is 0.306 e. The SMILES string of the molecule is CCCCCCC(CCCC)CC(CCCCCCCCCCCCCCCCCCCC[N+](C)(C)C)C(=O)O. The van der Waals surface area contributed by atoms with Gasteiger partial charge in [0.25, 0.3) is 0 Å². The van der Waals surface area contributed by atoms with Crippen LogP contribution in [0.3, 0.4) is 0 Å². The van der Waals surface area contributed by atoms with Crippen LogP contribution < -0.4 is 0 Å². The average Bonchev–Trinajstić information content (AvgIpc) is 2.91. The zero-order valence-electron chi connectivity index (χ0n) is 28.5. The zero-order chi connectivity index (χ0) is 29.7. The molecule has 0 fully saturated rings. The van der Waals surface area contributed by atoms with E-state index in [0.29, 0.717) is 5.92 Å². The molecule has 0 radical (unpaired) electrons. The average molecular weight is 567 g/mol. The molecule has 0 heterocycles. The van der Waals surface area contributed by atoms with Gasteiger partial charge in [-0.1, -0.05) is 168 Å². The van der Waals surface area contributed by atoms with Gasteiger partial charge in [-0.2, -0.15) is 0 Å². The van der Waals surface area contributed by atoms with E-state index in [9.17, 15) is 9.90 Å². The number of hydrogen-bond acceptors (Lipinski definition) is 1. The Hall–Kier alpha value is -0.570. The van der Waals surface area contributed by atoms with Crippen molar-refractivity contribution in [2.75, 3.05) is 27.7 Å². The van der Waals surface area contributed by atoms with Crippen molar-refractivity contribution in [1.29, 1.82) is 0 Å². The lowest BCUT2D eigenvalue weighted by molar-refractivity contribution is -0.870. The molecule has 0 bridgehead atoms. The Kier molecular flexibility index (Phi) is 28.1. The molecule has 3 heteroatoms. The minimum absolute atomic E-state index is 0.115. The van der Waals surface area contributed by atoms with Gasteiger partial charge in [-0.15, -0.1) is 0 Å². The highest BCUT2D eigenvalue weighted by Crippen LogP contribution is 2.28. The third-order valence-corrected chi connectivity index (χ3v) is 9.03. The summed E-state index contributed by atoms with van der Waals surface area (Å²) in [4.78, 5) is 11.9. The second-order valence-corrected chi connectivity index (χ2v) is 14.3. The molecule has 0 aliphatic heterocycles. The van der Waals surface area contributed by atoms with E-state index in [1.807, 2.05) is 0 Å². The molecule has 2 atom stereocenters. The van der Waals surface area contributed by atoms with E-state index in [1.54, 1.807) is 0 Å². The Bertz CT molecular complexity index is 527. The lowest BCUT2D eigenvalue weighted by atomic mass is 9.84. The Morgan fingerprint density at radius 3 is 1.25 bits per heavy atom. The van der Waals surface area contributed by atoms with Gasteiger partial charge in [-0.25, -0.2) is 0 Å². The molecule has 0 aliphatic carbocycles. The van der Waals surface area contributed by atoms with Gasteiger partial charge in [0.2, 0.25) is 0 Å². The summed E-state index contributed by atoms with van der Waals surface area (Å²) in [5.74, 6) is -0.0387. The van der Waals surface area contributed by atoms with Gasteiger partial charge in [0.1, 0.15) is 0 Å². The molecule has 0 rings (SSSR count). The quantitative estimate of drug-likeness (QED) is 0.0649. The van der Waals surface area contributed by atoms with Crippen LogP contribution in [0.15, 0.2) is 0 Å². The summed E-state index contributed by atoms with van der Waals surface area (Å²) in [6.45, 7) is 5.83. The van der Waals surface area contributed by atoms with Gasteiger partial charge >= 0.3 is 5.97 Å². The maximum absolute atomic E-state index is 11.9. The molecule has 3 nitrogen and oxygen atoms in total. The van der Waals surface area contributed by atoms with Crippen LogP contribution in [0.1, 0.15) is 194 Å². The molecule has 0 saturated heterocycles. The first-order valence-corrected chi connectivity index (χ1v) is 18.3. The largest absolute Gasteiger partial charge is 0.481 e. The third-order valence-electron chi connectivity index (χ3n) is 9.03. The van der Waals surface area contributed by atoms with Crippen molar-refractivity contribution in [2.45, 2.75) is 194 Å². The lowest BCUT2D eigenvalue weighted by Crippen LogP contribution is -2.35. The molecular weight excluding hydrogens is 490 g/mol. The van der Waals surface area contributed by atoms with Crippen molar-refractivity contribution in [3.63, 3.8) is 0 Å². The van der Waals surface area contributed by atoms with Crippen molar-refractivity contribution in [2.24, 2.45) is 11.8 Å². The van der Waals surface area contributed by atoms with Crippen LogP contribution in [-0.2, 0) is 4.79 Å². The van der Waals surface area contributed by atoms with Crippen molar-refractivity contribution >= 4 is 5.97 Å². The summed E-state index contributed by atoms with van der Waals surface area (Å²) < 4.78 is 1.11. The van der Waals surface area contributed by atoms with Crippen molar-refractivity contribution in [1.82, 2.24) is 0 Å². The Morgan fingerprint density at radius 1 is 0.500 bits per heavy atom. The Balaban J connectivity index is 3.61. The molecule has 0 saturated carbocycles. The number of unbranched alkanes of at least 4 members (excludes halogenated alkanes) is 21. The predicted octanol–water partition coefficient (Wildman–Crippen LogP) is 12.0. The van der Waals surface area contributed by atoms with Crippen LogP contribution in [-0.4, -0.2) is 43.2 Å². The van der Waals surface area contributed by atoms with Crippen LogP contribution >= 0.6 is 0 Å². The van der Waals surface area contributed by atoms with E-state index in [0.717, 1.165) is 23.7 Å². The molecule has 0 aromatic carbocycles. The third kappa shape index (κ3) is 28.9. The van der Waals surface area contributed by atoms with Gasteiger partial charge in [-0.05, 0) is 31.6 Å². The topological polar surface area (TPSA) is 37.3 Å².